The van der Waals surface area contributed by atoms with Crippen LogP contribution in [0.25, 0.3) is 0 Å². The van der Waals surface area contributed by atoms with E-state index in [9.17, 15) is 4.79 Å². The molecule has 0 heterocycles. The van der Waals surface area contributed by atoms with Crippen molar-refractivity contribution in [2.45, 2.75) is 39.0 Å². The van der Waals surface area contributed by atoms with Crippen LogP contribution in [0, 0.1) is 17.3 Å². The minimum atomic E-state index is 0.145. The highest BCUT2D eigenvalue weighted by molar-refractivity contribution is 5.81. The van der Waals surface area contributed by atoms with Crippen LogP contribution >= 0.6 is 0 Å². The first-order valence-electron chi connectivity index (χ1n) is 4.84. The quantitative estimate of drug-likeness (QED) is 0.664. The lowest BCUT2D eigenvalue weighted by Crippen LogP contribution is -2.39. The molecule has 1 saturated carbocycles. The van der Waals surface area contributed by atoms with E-state index in [1.54, 1.807) is 6.92 Å². The Kier molecular flexibility index (Phi) is 3.50. The SMILES string of the molecule is CC#CCC(=O)CC1(CN)CCC1. The maximum Gasteiger partial charge on any atom is 0.145 e. The van der Waals surface area contributed by atoms with Gasteiger partial charge in [0.15, 0.2) is 0 Å². The smallest absolute Gasteiger partial charge is 0.145 e. The number of hydrogen-bond donors (Lipinski definition) is 1. The van der Waals surface area contributed by atoms with Crippen LogP contribution in [0.4, 0.5) is 0 Å². The van der Waals surface area contributed by atoms with Gasteiger partial charge in [-0.3, -0.25) is 4.79 Å². The molecule has 0 radical (unpaired) electrons. The minimum absolute atomic E-state index is 0.145. The molecule has 0 unspecified atom stereocenters. The van der Waals surface area contributed by atoms with E-state index in [1.165, 1.54) is 6.42 Å². The molecule has 1 aliphatic rings. The molecule has 13 heavy (non-hydrogen) atoms. The molecule has 1 rings (SSSR count). The lowest BCUT2D eigenvalue weighted by molar-refractivity contribution is -0.121. The lowest BCUT2D eigenvalue weighted by Gasteiger charge is -2.40. The van der Waals surface area contributed by atoms with E-state index in [0.717, 1.165) is 12.8 Å². The van der Waals surface area contributed by atoms with Gasteiger partial charge >= 0.3 is 0 Å². The van der Waals surface area contributed by atoms with Gasteiger partial charge in [0.25, 0.3) is 0 Å². The summed E-state index contributed by atoms with van der Waals surface area (Å²) in [7, 11) is 0. The van der Waals surface area contributed by atoms with E-state index in [-0.39, 0.29) is 11.2 Å². The molecular formula is C11H17NO. The average molecular weight is 179 g/mol. The first kappa shape index (κ1) is 10.3. The van der Waals surface area contributed by atoms with Crippen LogP contribution < -0.4 is 5.73 Å². The third-order valence-electron chi connectivity index (χ3n) is 2.88. The van der Waals surface area contributed by atoms with Gasteiger partial charge in [-0.05, 0) is 31.7 Å². The molecule has 0 bridgehead atoms. The number of carbonyl (C=O) groups excluding carboxylic acids is 1. The molecule has 0 aromatic heterocycles. The summed E-state index contributed by atoms with van der Waals surface area (Å²) in [5, 5.41) is 0. The Morgan fingerprint density at radius 1 is 1.54 bits per heavy atom. The van der Waals surface area contributed by atoms with Gasteiger partial charge in [0.1, 0.15) is 5.78 Å². The van der Waals surface area contributed by atoms with Crippen molar-refractivity contribution in [3.63, 3.8) is 0 Å². The molecular weight excluding hydrogens is 162 g/mol. The standard InChI is InChI=1S/C11H17NO/c1-2-3-5-10(13)8-11(9-12)6-4-7-11/h4-9,12H2,1H3. The van der Waals surface area contributed by atoms with Crippen molar-refractivity contribution >= 4 is 5.78 Å². The predicted molar refractivity (Wildman–Crippen MR) is 53.0 cm³/mol. The Hall–Kier alpha value is -0.810. The molecule has 0 atom stereocenters. The molecule has 0 aromatic rings. The molecule has 1 aliphatic carbocycles. The first-order chi connectivity index (χ1) is 6.22. The van der Waals surface area contributed by atoms with Crippen molar-refractivity contribution in [3.05, 3.63) is 0 Å². The molecule has 2 heteroatoms. The minimum Gasteiger partial charge on any atom is -0.330 e. The Balaban J connectivity index is 2.36. The van der Waals surface area contributed by atoms with E-state index in [4.69, 9.17) is 5.73 Å². The van der Waals surface area contributed by atoms with Crippen LogP contribution in [0.1, 0.15) is 39.0 Å². The van der Waals surface area contributed by atoms with Crippen molar-refractivity contribution in [1.29, 1.82) is 0 Å². The van der Waals surface area contributed by atoms with Crippen molar-refractivity contribution in [1.82, 2.24) is 0 Å². The Morgan fingerprint density at radius 3 is 2.62 bits per heavy atom. The van der Waals surface area contributed by atoms with Crippen molar-refractivity contribution in [2.75, 3.05) is 6.54 Å². The summed E-state index contributed by atoms with van der Waals surface area (Å²) in [6.45, 7) is 2.41. The van der Waals surface area contributed by atoms with Crippen LogP contribution in [0.5, 0.6) is 0 Å². The average Bonchev–Trinajstić information content (AvgIpc) is 2.08. The highest BCUT2D eigenvalue weighted by Gasteiger charge is 2.36. The van der Waals surface area contributed by atoms with Crippen LogP contribution in [0.3, 0.4) is 0 Å². The zero-order valence-electron chi connectivity index (χ0n) is 8.23. The molecule has 0 aromatic carbocycles. The zero-order valence-corrected chi connectivity index (χ0v) is 8.23. The molecule has 1 fully saturated rings. The molecule has 0 spiro atoms. The van der Waals surface area contributed by atoms with E-state index in [1.807, 2.05) is 0 Å². The molecule has 0 aliphatic heterocycles. The monoisotopic (exact) mass is 179 g/mol. The van der Waals surface area contributed by atoms with Gasteiger partial charge in [-0.1, -0.05) is 12.3 Å². The number of carbonyl (C=O) groups is 1. The van der Waals surface area contributed by atoms with E-state index in [0.29, 0.717) is 19.4 Å². The van der Waals surface area contributed by atoms with Crippen LogP contribution in [0.15, 0.2) is 0 Å². The second-order valence-electron chi connectivity index (χ2n) is 3.88. The second kappa shape index (κ2) is 4.43. The first-order valence-corrected chi connectivity index (χ1v) is 4.84. The molecule has 2 N–H and O–H groups in total. The van der Waals surface area contributed by atoms with Crippen molar-refractivity contribution < 1.29 is 4.79 Å². The van der Waals surface area contributed by atoms with E-state index < -0.39 is 0 Å². The molecule has 2 nitrogen and oxygen atoms in total. The number of ketones is 1. The zero-order chi connectivity index (χ0) is 9.73. The Morgan fingerprint density at radius 2 is 2.23 bits per heavy atom. The van der Waals surface area contributed by atoms with Crippen LogP contribution in [-0.4, -0.2) is 12.3 Å². The fourth-order valence-electron chi connectivity index (χ4n) is 1.80. The van der Waals surface area contributed by atoms with Crippen molar-refractivity contribution in [2.24, 2.45) is 11.1 Å². The summed E-state index contributed by atoms with van der Waals surface area (Å²) in [4.78, 5) is 11.4. The van der Waals surface area contributed by atoms with Crippen LogP contribution in [0.2, 0.25) is 0 Å². The second-order valence-corrected chi connectivity index (χ2v) is 3.88. The number of hydrogen-bond acceptors (Lipinski definition) is 2. The van der Waals surface area contributed by atoms with E-state index in [2.05, 4.69) is 11.8 Å². The highest BCUT2D eigenvalue weighted by Crippen LogP contribution is 2.43. The summed E-state index contributed by atoms with van der Waals surface area (Å²) in [5.74, 6) is 5.79. The number of nitrogens with two attached hydrogens (primary N) is 1. The van der Waals surface area contributed by atoms with Crippen LogP contribution in [-0.2, 0) is 4.79 Å². The topological polar surface area (TPSA) is 43.1 Å². The number of rotatable bonds is 4. The summed E-state index contributed by atoms with van der Waals surface area (Å²) in [6.07, 6.45) is 4.50. The van der Waals surface area contributed by atoms with Gasteiger partial charge in [0.2, 0.25) is 0 Å². The Bertz CT molecular complexity index is 237. The third kappa shape index (κ3) is 2.57. The third-order valence-corrected chi connectivity index (χ3v) is 2.88. The summed E-state index contributed by atoms with van der Waals surface area (Å²) in [6, 6.07) is 0. The predicted octanol–water partition coefficient (Wildman–Crippen LogP) is 1.49. The Labute approximate surface area is 79.9 Å². The van der Waals surface area contributed by atoms with Gasteiger partial charge in [0, 0.05) is 6.42 Å². The summed E-state index contributed by atoms with van der Waals surface area (Å²) in [5.41, 5.74) is 5.80. The lowest BCUT2D eigenvalue weighted by atomic mass is 9.66. The molecule has 0 amide bonds. The van der Waals surface area contributed by atoms with Gasteiger partial charge in [0.05, 0.1) is 6.42 Å². The highest BCUT2D eigenvalue weighted by atomic mass is 16.1. The normalized spacial score (nSPS) is 18.3. The maximum atomic E-state index is 11.4. The van der Waals surface area contributed by atoms with Crippen molar-refractivity contribution in [3.8, 4) is 11.8 Å². The number of Topliss-reactive ketones (excluding diaryl/α,β-unsaturated/α-hetero) is 1. The molecule has 0 saturated heterocycles. The van der Waals surface area contributed by atoms with Gasteiger partial charge < -0.3 is 5.73 Å². The largest absolute Gasteiger partial charge is 0.330 e. The van der Waals surface area contributed by atoms with Gasteiger partial charge in [-0.2, -0.15) is 0 Å². The van der Waals surface area contributed by atoms with Gasteiger partial charge in [-0.25, -0.2) is 0 Å². The van der Waals surface area contributed by atoms with E-state index >= 15 is 0 Å². The molecule has 72 valence electrons. The maximum absolute atomic E-state index is 11.4. The summed E-state index contributed by atoms with van der Waals surface area (Å²) < 4.78 is 0. The summed E-state index contributed by atoms with van der Waals surface area (Å²) >= 11 is 0. The van der Waals surface area contributed by atoms with Gasteiger partial charge in [-0.15, -0.1) is 5.92 Å². The fourth-order valence-corrected chi connectivity index (χ4v) is 1.80. The fraction of sp³-hybridized carbons (Fsp3) is 0.727.